The number of carbonyl (C=O) groups excluding carboxylic acids is 1. The van der Waals surface area contributed by atoms with Gasteiger partial charge in [-0.2, -0.15) is 10.2 Å². The van der Waals surface area contributed by atoms with Crippen LogP contribution in [0.15, 0.2) is 46.3 Å². The Balaban J connectivity index is 1.79. The van der Waals surface area contributed by atoms with Crippen LogP contribution in [-0.2, 0) is 30.7 Å². The van der Waals surface area contributed by atoms with Crippen LogP contribution in [0.4, 0.5) is 5.69 Å². The van der Waals surface area contributed by atoms with Crippen molar-refractivity contribution in [2.24, 2.45) is 14.1 Å². The fourth-order valence-corrected chi connectivity index (χ4v) is 3.17. The third-order valence-corrected chi connectivity index (χ3v) is 4.60. The molecule has 0 unspecified atom stereocenters. The van der Waals surface area contributed by atoms with Gasteiger partial charge in [-0.05, 0) is 12.1 Å². The van der Waals surface area contributed by atoms with Crippen LogP contribution in [0.5, 0.6) is 0 Å². The molecule has 1 amide bonds. The standard InChI is InChI=1S/C14H16N6O4S/c1-19-8-11(7-16-19)25(22,23)18-12-9-20(2)17-13(12)14(21)15-6-10-4-3-5-24-10/h3-5,7-9,18H,6H2,1-2H3,(H,15,21). The fourth-order valence-electron chi connectivity index (χ4n) is 2.14. The smallest absolute Gasteiger partial charge is 0.274 e. The van der Waals surface area contributed by atoms with Crippen LogP contribution in [0.1, 0.15) is 16.2 Å². The second-order valence-electron chi connectivity index (χ2n) is 5.28. The zero-order valence-corrected chi connectivity index (χ0v) is 14.3. The van der Waals surface area contributed by atoms with Crippen molar-refractivity contribution in [2.45, 2.75) is 11.4 Å². The number of sulfonamides is 1. The predicted molar refractivity (Wildman–Crippen MR) is 87.1 cm³/mol. The van der Waals surface area contributed by atoms with Gasteiger partial charge in [-0.15, -0.1) is 0 Å². The summed E-state index contributed by atoms with van der Waals surface area (Å²) in [5.41, 5.74) is 0.0322. The van der Waals surface area contributed by atoms with Gasteiger partial charge in [0.1, 0.15) is 10.7 Å². The molecule has 0 saturated heterocycles. The van der Waals surface area contributed by atoms with Gasteiger partial charge in [0.15, 0.2) is 5.69 Å². The molecule has 10 nitrogen and oxygen atoms in total. The molecular formula is C14H16N6O4S. The van der Waals surface area contributed by atoms with Crippen molar-refractivity contribution >= 4 is 21.6 Å². The first kappa shape index (κ1) is 16.8. The van der Waals surface area contributed by atoms with E-state index >= 15 is 0 Å². The molecule has 3 heterocycles. The highest BCUT2D eigenvalue weighted by Crippen LogP contribution is 2.19. The van der Waals surface area contributed by atoms with Crippen molar-refractivity contribution in [3.05, 3.63) is 48.4 Å². The lowest BCUT2D eigenvalue weighted by molar-refractivity contribution is 0.0943. The Hall–Kier alpha value is -3.08. The molecule has 0 bridgehead atoms. The summed E-state index contributed by atoms with van der Waals surface area (Å²) < 4.78 is 35.0. The van der Waals surface area contributed by atoms with E-state index in [-0.39, 0.29) is 22.8 Å². The molecule has 2 N–H and O–H groups in total. The van der Waals surface area contributed by atoms with Crippen molar-refractivity contribution in [3.63, 3.8) is 0 Å². The summed E-state index contributed by atoms with van der Waals surface area (Å²) in [6.07, 6.45) is 5.48. The number of anilines is 1. The van der Waals surface area contributed by atoms with Gasteiger partial charge >= 0.3 is 0 Å². The van der Waals surface area contributed by atoms with Crippen LogP contribution in [0.25, 0.3) is 0 Å². The van der Waals surface area contributed by atoms with Crippen LogP contribution in [-0.4, -0.2) is 33.9 Å². The molecule has 0 aliphatic carbocycles. The second-order valence-corrected chi connectivity index (χ2v) is 6.96. The summed E-state index contributed by atoms with van der Waals surface area (Å²) in [4.78, 5) is 12.3. The van der Waals surface area contributed by atoms with E-state index in [0.717, 1.165) is 0 Å². The maximum absolute atomic E-state index is 12.4. The lowest BCUT2D eigenvalue weighted by Gasteiger charge is -2.06. The molecule has 0 aromatic carbocycles. The minimum Gasteiger partial charge on any atom is -0.467 e. The van der Waals surface area contributed by atoms with E-state index in [9.17, 15) is 13.2 Å². The molecule has 0 saturated carbocycles. The summed E-state index contributed by atoms with van der Waals surface area (Å²) in [6, 6.07) is 3.42. The highest BCUT2D eigenvalue weighted by molar-refractivity contribution is 7.92. The molecule has 0 radical (unpaired) electrons. The molecule has 0 aliphatic heterocycles. The van der Waals surface area contributed by atoms with Crippen molar-refractivity contribution in [1.82, 2.24) is 24.9 Å². The van der Waals surface area contributed by atoms with E-state index < -0.39 is 15.9 Å². The highest BCUT2D eigenvalue weighted by Gasteiger charge is 2.23. The Kier molecular flexibility index (Phi) is 4.31. The molecule has 3 rings (SSSR count). The van der Waals surface area contributed by atoms with Gasteiger partial charge in [0.25, 0.3) is 15.9 Å². The normalized spacial score (nSPS) is 11.4. The lowest BCUT2D eigenvalue weighted by Crippen LogP contribution is -2.25. The average Bonchev–Trinajstić information content (AvgIpc) is 3.26. The fraction of sp³-hybridized carbons (Fsp3) is 0.214. The van der Waals surface area contributed by atoms with Gasteiger partial charge in [0.2, 0.25) is 0 Å². The van der Waals surface area contributed by atoms with Crippen molar-refractivity contribution in [2.75, 3.05) is 4.72 Å². The van der Waals surface area contributed by atoms with Crippen LogP contribution in [0.3, 0.4) is 0 Å². The first-order chi connectivity index (χ1) is 11.8. The minimum absolute atomic E-state index is 0.0132. The Bertz CT molecular complexity index is 987. The first-order valence-electron chi connectivity index (χ1n) is 7.21. The average molecular weight is 364 g/mol. The van der Waals surface area contributed by atoms with E-state index in [1.54, 1.807) is 26.2 Å². The quantitative estimate of drug-likeness (QED) is 0.655. The molecular weight excluding hydrogens is 348 g/mol. The summed E-state index contributed by atoms with van der Waals surface area (Å²) in [6.45, 7) is 0.164. The Labute approximate surface area is 143 Å². The molecule has 3 aromatic heterocycles. The number of aromatic nitrogens is 4. The van der Waals surface area contributed by atoms with Gasteiger partial charge in [-0.3, -0.25) is 18.9 Å². The van der Waals surface area contributed by atoms with Crippen molar-refractivity contribution in [3.8, 4) is 0 Å². The summed E-state index contributed by atoms with van der Waals surface area (Å²) in [5, 5.41) is 10.5. The molecule has 3 aromatic rings. The van der Waals surface area contributed by atoms with E-state index in [0.29, 0.717) is 5.76 Å². The van der Waals surface area contributed by atoms with E-state index in [2.05, 4.69) is 20.2 Å². The van der Waals surface area contributed by atoms with Crippen molar-refractivity contribution in [1.29, 1.82) is 0 Å². The number of nitrogens with one attached hydrogen (secondary N) is 2. The molecule has 11 heteroatoms. The zero-order valence-electron chi connectivity index (χ0n) is 13.5. The number of carbonyl (C=O) groups is 1. The number of amides is 1. The number of rotatable bonds is 6. The van der Waals surface area contributed by atoms with Crippen LogP contribution < -0.4 is 10.0 Å². The Morgan fingerprint density at radius 2 is 2.08 bits per heavy atom. The summed E-state index contributed by atoms with van der Waals surface area (Å²) in [5.74, 6) is 0.0441. The molecule has 0 atom stereocenters. The van der Waals surface area contributed by atoms with E-state index in [4.69, 9.17) is 4.42 Å². The minimum atomic E-state index is -3.88. The second kappa shape index (κ2) is 6.43. The van der Waals surface area contributed by atoms with Gasteiger partial charge in [0, 0.05) is 26.5 Å². The van der Waals surface area contributed by atoms with Crippen LogP contribution in [0.2, 0.25) is 0 Å². The number of hydrogen-bond acceptors (Lipinski definition) is 6. The first-order valence-corrected chi connectivity index (χ1v) is 8.69. The zero-order chi connectivity index (χ0) is 18.0. The van der Waals surface area contributed by atoms with Crippen molar-refractivity contribution < 1.29 is 17.6 Å². The third kappa shape index (κ3) is 3.71. The van der Waals surface area contributed by atoms with Gasteiger partial charge in [-0.25, -0.2) is 8.42 Å². The number of nitrogens with zero attached hydrogens (tertiary/aromatic N) is 4. The maximum Gasteiger partial charge on any atom is 0.274 e. The molecule has 0 fully saturated rings. The SMILES string of the molecule is Cn1cc(S(=O)(=O)Nc2cn(C)nc2C(=O)NCc2ccco2)cn1. The summed E-state index contributed by atoms with van der Waals surface area (Å²) in [7, 11) is -0.682. The highest BCUT2D eigenvalue weighted by atomic mass is 32.2. The third-order valence-electron chi connectivity index (χ3n) is 3.28. The predicted octanol–water partition coefficient (Wildman–Crippen LogP) is 0.477. The monoisotopic (exact) mass is 364 g/mol. The van der Waals surface area contributed by atoms with Crippen LogP contribution >= 0.6 is 0 Å². The number of furan rings is 1. The molecule has 0 spiro atoms. The van der Waals surface area contributed by atoms with Gasteiger partial charge in [0.05, 0.1) is 24.7 Å². The lowest BCUT2D eigenvalue weighted by atomic mass is 10.3. The summed E-state index contributed by atoms with van der Waals surface area (Å²) >= 11 is 0. The number of aryl methyl sites for hydroxylation is 2. The number of hydrogen-bond donors (Lipinski definition) is 2. The van der Waals surface area contributed by atoms with Gasteiger partial charge < -0.3 is 9.73 Å². The topological polar surface area (TPSA) is 124 Å². The largest absolute Gasteiger partial charge is 0.467 e. The van der Waals surface area contributed by atoms with E-state index in [1.165, 1.54) is 34.2 Å². The van der Waals surface area contributed by atoms with Gasteiger partial charge in [-0.1, -0.05) is 0 Å². The van der Waals surface area contributed by atoms with Crippen LogP contribution in [0, 0.1) is 0 Å². The molecule has 132 valence electrons. The maximum atomic E-state index is 12.4. The molecule has 25 heavy (non-hydrogen) atoms. The Morgan fingerprint density at radius 1 is 1.28 bits per heavy atom. The Morgan fingerprint density at radius 3 is 2.72 bits per heavy atom. The molecule has 0 aliphatic rings. The van der Waals surface area contributed by atoms with E-state index in [1.807, 2.05) is 0 Å².